The number of hydrogen-bond donors (Lipinski definition) is 1. The van der Waals surface area contributed by atoms with Crippen LogP contribution in [0.3, 0.4) is 0 Å². The maximum atomic E-state index is 13.3. The van der Waals surface area contributed by atoms with E-state index in [0.717, 1.165) is 15.6 Å². The van der Waals surface area contributed by atoms with Gasteiger partial charge in [0.05, 0.1) is 24.5 Å². The predicted octanol–water partition coefficient (Wildman–Crippen LogP) is 4.40. The third-order valence-electron chi connectivity index (χ3n) is 4.60. The van der Waals surface area contributed by atoms with Crippen LogP contribution in [0.4, 0.5) is 11.4 Å². The molecule has 3 aromatic rings. The minimum atomic E-state index is -4.02. The smallest absolute Gasteiger partial charge is 0.338 e. The SMILES string of the molecule is CCOC(=O)c1cccc(NC(=O)c2sccc2S(=O)(=O)N(C)c2cccc(OCC)c2)c1. The molecule has 3 rings (SSSR count). The number of amides is 1. The summed E-state index contributed by atoms with van der Waals surface area (Å²) >= 11 is 1.01. The van der Waals surface area contributed by atoms with Crippen LogP contribution in [0.5, 0.6) is 5.75 Å². The molecule has 1 aromatic heterocycles. The number of thiophene rings is 1. The summed E-state index contributed by atoms with van der Waals surface area (Å²) in [6.07, 6.45) is 0. The number of carbonyl (C=O) groups excluding carboxylic acids is 2. The first-order valence-electron chi connectivity index (χ1n) is 10.2. The molecule has 0 aliphatic carbocycles. The van der Waals surface area contributed by atoms with E-state index in [0.29, 0.717) is 23.7 Å². The number of sulfonamides is 1. The van der Waals surface area contributed by atoms with Crippen LogP contribution in [0, 0.1) is 0 Å². The molecule has 0 saturated carbocycles. The number of hydrogen-bond acceptors (Lipinski definition) is 7. The molecule has 0 unspecified atom stereocenters. The van der Waals surface area contributed by atoms with Crippen LogP contribution in [0.15, 0.2) is 64.9 Å². The first-order valence-corrected chi connectivity index (χ1v) is 12.5. The summed E-state index contributed by atoms with van der Waals surface area (Å²) in [5.41, 5.74) is 1.03. The van der Waals surface area contributed by atoms with E-state index in [1.165, 1.54) is 19.2 Å². The van der Waals surface area contributed by atoms with Gasteiger partial charge in [-0.1, -0.05) is 12.1 Å². The van der Waals surface area contributed by atoms with Crippen molar-refractivity contribution in [2.75, 3.05) is 29.9 Å². The molecule has 1 amide bonds. The fourth-order valence-corrected chi connectivity index (χ4v) is 5.50. The van der Waals surface area contributed by atoms with Crippen LogP contribution in [0.1, 0.15) is 33.9 Å². The predicted molar refractivity (Wildman–Crippen MR) is 128 cm³/mol. The van der Waals surface area contributed by atoms with Gasteiger partial charge < -0.3 is 14.8 Å². The Balaban J connectivity index is 1.85. The number of nitrogens with zero attached hydrogens (tertiary/aromatic N) is 1. The van der Waals surface area contributed by atoms with Crippen molar-refractivity contribution in [2.45, 2.75) is 18.7 Å². The van der Waals surface area contributed by atoms with Crippen molar-refractivity contribution in [1.29, 1.82) is 0 Å². The number of ether oxygens (including phenoxy) is 2. The average molecular weight is 489 g/mol. The van der Waals surface area contributed by atoms with Crippen LogP contribution in [0.2, 0.25) is 0 Å². The minimum Gasteiger partial charge on any atom is -0.494 e. The van der Waals surface area contributed by atoms with Gasteiger partial charge in [0.2, 0.25) is 0 Å². The topological polar surface area (TPSA) is 102 Å². The van der Waals surface area contributed by atoms with E-state index in [1.54, 1.807) is 54.8 Å². The molecule has 10 heteroatoms. The Labute approximate surface area is 196 Å². The third-order valence-corrected chi connectivity index (χ3v) is 7.47. The van der Waals surface area contributed by atoms with E-state index in [9.17, 15) is 18.0 Å². The maximum absolute atomic E-state index is 13.3. The van der Waals surface area contributed by atoms with Gasteiger partial charge in [-0.25, -0.2) is 13.2 Å². The van der Waals surface area contributed by atoms with Crippen LogP contribution in [-0.4, -0.2) is 40.6 Å². The molecule has 0 saturated heterocycles. The van der Waals surface area contributed by atoms with Crippen molar-refractivity contribution in [3.8, 4) is 5.75 Å². The largest absolute Gasteiger partial charge is 0.494 e. The fraction of sp³-hybridized carbons (Fsp3) is 0.217. The van der Waals surface area contributed by atoms with Crippen LogP contribution < -0.4 is 14.4 Å². The zero-order valence-corrected chi connectivity index (χ0v) is 20.0. The molecule has 0 atom stereocenters. The lowest BCUT2D eigenvalue weighted by Crippen LogP contribution is -2.28. The number of carbonyl (C=O) groups is 2. The zero-order chi connectivity index (χ0) is 24.0. The molecule has 1 N–H and O–H groups in total. The molecule has 0 bridgehead atoms. The lowest BCUT2D eigenvalue weighted by Gasteiger charge is -2.20. The molecule has 0 aliphatic rings. The van der Waals surface area contributed by atoms with Gasteiger partial charge in [-0.15, -0.1) is 11.3 Å². The number of rotatable bonds is 9. The van der Waals surface area contributed by atoms with Crippen LogP contribution >= 0.6 is 11.3 Å². The van der Waals surface area contributed by atoms with Crippen molar-refractivity contribution >= 4 is 44.6 Å². The maximum Gasteiger partial charge on any atom is 0.338 e. The molecule has 8 nitrogen and oxygen atoms in total. The first-order chi connectivity index (χ1) is 15.8. The normalized spacial score (nSPS) is 11.0. The molecule has 0 spiro atoms. The Bertz CT molecular complexity index is 1250. The Kier molecular flexibility index (Phi) is 7.72. The van der Waals surface area contributed by atoms with E-state index in [-0.39, 0.29) is 21.9 Å². The molecule has 2 aromatic carbocycles. The monoisotopic (exact) mass is 488 g/mol. The summed E-state index contributed by atoms with van der Waals surface area (Å²) in [7, 11) is -2.60. The Morgan fingerprint density at radius 3 is 2.52 bits per heavy atom. The first kappa shape index (κ1) is 24.3. The second-order valence-electron chi connectivity index (χ2n) is 6.77. The van der Waals surface area contributed by atoms with E-state index in [2.05, 4.69) is 5.32 Å². The highest BCUT2D eigenvalue weighted by Gasteiger charge is 2.28. The molecule has 174 valence electrons. The quantitative estimate of drug-likeness (QED) is 0.448. The van der Waals surface area contributed by atoms with Gasteiger partial charge in [-0.2, -0.15) is 0 Å². The highest BCUT2D eigenvalue weighted by molar-refractivity contribution is 7.93. The summed E-state index contributed by atoms with van der Waals surface area (Å²) in [6.45, 7) is 4.22. The molecular formula is C23H24N2O6S2. The summed E-state index contributed by atoms with van der Waals surface area (Å²) in [4.78, 5) is 24.8. The summed E-state index contributed by atoms with van der Waals surface area (Å²) in [5.74, 6) is -0.563. The molecule has 0 radical (unpaired) electrons. The average Bonchev–Trinajstić information content (AvgIpc) is 3.30. The van der Waals surface area contributed by atoms with Crippen LogP contribution in [-0.2, 0) is 14.8 Å². The number of anilines is 2. The number of esters is 1. The Morgan fingerprint density at radius 1 is 1.03 bits per heavy atom. The highest BCUT2D eigenvalue weighted by atomic mass is 32.2. The van der Waals surface area contributed by atoms with Crippen molar-refractivity contribution < 1.29 is 27.5 Å². The van der Waals surface area contributed by atoms with Crippen molar-refractivity contribution in [1.82, 2.24) is 0 Å². The molecule has 33 heavy (non-hydrogen) atoms. The number of benzene rings is 2. The van der Waals surface area contributed by atoms with E-state index >= 15 is 0 Å². The van der Waals surface area contributed by atoms with Gasteiger partial charge >= 0.3 is 5.97 Å². The molecule has 1 heterocycles. The Hall–Kier alpha value is -3.37. The standard InChI is InChI=1S/C23H24N2O6S2/c1-4-30-19-11-7-10-18(15-19)25(3)33(28,29)20-12-13-32-21(20)22(26)24-17-9-6-8-16(14-17)23(27)31-5-2/h6-15H,4-5H2,1-3H3,(H,24,26). The molecule has 0 aliphatic heterocycles. The second kappa shape index (κ2) is 10.5. The van der Waals surface area contributed by atoms with Gasteiger partial charge in [0, 0.05) is 18.8 Å². The third kappa shape index (κ3) is 5.52. The van der Waals surface area contributed by atoms with Crippen molar-refractivity contribution in [3.05, 3.63) is 70.4 Å². The zero-order valence-electron chi connectivity index (χ0n) is 18.4. The molecule has 0 fully saturated rings. The lowest BCUT2D eigenvalue weighted by atomic mass is 10.2. The second-order valence-corrected chi connectivity index (χ2v) is 9.63. The van der Waals surface area contributed by atoms with Crippen molar-refractivity contribution in [3.63, 3.8) is 0 Å². The highest BCUT2D eigenvalue weighted by Crippen LogP contribution is 2.30. The van der Waals surface area contributed by atoms with Crippen LogP contribution in [0.25, 0.3) is 0 Å². The van der Waals surface area contributed by atoms with Gasteiger partial charge in [-0.3, -0.25) is 9.10 Å². The van der Waals surface area contributed by atoms with Gasteiger partial charge in [0.15, 0.2) is 0 Å². The summed E-state index contributed by atoms with van der Waals surface area (Å²) in [5, 5.41) is 4.20. The minimum absolute atomic E-state index is 0.0318. The van der Waals surface area contributed by atoms with E-state index in [1.807, 2.05) is 6.92 Å². The summed E-state index contributed by atoms with van der Waals surface area (Å²) in [6, 6.07) is 14.4. The Morgan fingerprint density at radius 2 is 1.79 bits per heavy atom. The van der Waals surface area contributed by atoms with Crippen molar-refractivity contribution in [2.24, 2.45) is 0 Å². The lowest BCUT2D eigenvalue weighted by molar-refractivity contribution is 0.0526. The van der Waals surface area contributed by atoms with E-state index < -0.39 is 21.9 Å². The molecular weight excluding hydrogens is 464 g/mol. The van der Waals surface area contributed by atoms with E-state index in [4.69, 9.17) is 9.47 Å². The van der Waals surface area contributed by atoms with Gasteiger partial charge in [0.25, 0.3) is 15.9 Å². The fourth-order valence-electron chi connectivity index (χ4n) is 3.01. The van der Waals surface area contributed by atoms with Gasteiger partial charge in [-0.05, 0) is 55.6 Å². The van der Waals surface area contributed by atoms with Gasteiger partial charge in [0.1, 0.15) is 15.5 Å². The number of nitrogens with one attached hydrogen (secondary N) is 1. The summed E-state index contributed by atoms with van der Waals surface area (Å²) < 4.78 is 38.1.